The maximum absolute atomic E-state index is 13.6. The molecule has 1 spiro atoms. The van der Waals surface area contributed by atoms with Crippen LogP contribution in [0.15, 0.2) is 58.3 Å². The number of piperidine rings is 1. The van der Waals surface area contributed by atoms with E-state index in [1.807, 2.05) is 24.3 Å². The number of sulfonamides is 2. The fourth-order valence-electron chi connectivity index (χ4n) is 4.80. The number of hydrogen-bond donors (Lipinski definition) is 0. The van der Waals surface area contributed by atoms with Gasteiger partial charge in [0.25, 0.3) is 10.0 Å². The number of rotatable bonds is 6. The van der Waals surface area contributed by atoms with Gasteiger partial charge in [-0.3, -0.25) is 14.0 Å². The Kier molecular flexibility index (Phi) is 6.15. The van der Waals surface area contributed by atoms with Crippen molar-refractivity contribution in [2.75, 3.05) is 44.6 Å². The first-order valence-corrected chi connectivity index (χ1v) is 13.7. The third-order valence-electron chi connectivity index (χ3n) is 6.64. The summed E-state index contributed by atoms with van der Waals surface area (Å²) in [5.41, 5.74) is 1.39. The lowest BCUT2D eigenvalue weighted by Gasteiger charge is -2.39. The molecule has 1 fully saturated rings. The van der Waals surface area contributed by atoms with Crippen molar-refractivity contribution in [1.29, 1.82) is 0 Å². The van der Waals surface area contributed by atoms with Crippen LogP contribution in [0.3, 0.4) is 0 Å². The van der Waals surface area contributed by atoms with E-state index in [1.165, 1.54) is 42.7 Å². The smallest absolute Gasteiger partial charge is 0.264 e. The van der Waals surface area contributed by atoms with Gasteiger partial charge < -0.3 is 0 Å². The second-order valence-corrected chi connectivity index (χ2v) is 13.1. The molecule has 0 amide bonds. The first-order valence-electron chi connectivity index (χ1n) is 10.8. The second kappa shape index (κ2) is 8.50. The number of ketones is 1. The highest BCUT2D eigenvalue weighted by atomic mass is 32.2. The summed E-state index contributed by atoms with van der Waals surface area (Å²) in [4.78, 5) is 13.7. The number of carbonyl (C=O) groups excluding carboxylic acids is 1. The number of carbonyl (C=O) groups is 1. The van der Waals surface area contributed by atoms with Crippen LogP contribution in [-0.4, -0.2) is 72.1 Å². The van der Waals surface area contributed by atoms with Gasteiger partial charge in [0.05, 0.1) is 22.0 Å². The van der Waals surface area contributed by atoms with Crippen molar-refractivity contribution in [2.24, 2.45) is 0 Å². The van der Waals surface area contributed by atoms with Crippen LogP contribution in [0.2, 0.25) is 0 Å². The van der Waals surface area contributed by atoms with Gasteiger partial charge in [-0.15, -0.1) is 0 Å². The minimum absolute atomic E-state index is 0.0441. The summed E-state index contributed by atoms with van der Waals surface area (Å²) in [7, 11) is -4.67. The van der Waals surface area contributed by atoms with E-state index in [1.54, 1.807) is 6.92 Å². The molecule has 2 aliphatic rings. The summed E-state index contributed by atoms with van der Waals surface area (Å²) in [6, 6.07) is 13.0. The lowest BCUT2D eigenvalue weighted by molar-refractivity contribution is -0.118. The second-order valence-electron chi connectivity index (χ2n) is 9.05. The van der Waals surface area contributed by atoms with Crippen molar-refractivity contribution < 1.29 is 21.6 Å². The average Bonchev–Trinajstić information content (AvgIpc) is 3.10. The van der Waals surface area contributed by atoms with Crippen molar-refractivity contribution in [1.82, 2.24) is 9.21 Å². The molecule has 33 heavy (non-hydrogen) atoms. The van der Waals surface area contributed by atoms with Crippen molar-refractivity contribution in [3.63, 3.8) is 0 Å². The van der Waals surface area contributed by atoms with Crippen molar-refractivity contribution in [2.45, 2.75) is 35.0 Å². The zero-order valence-corrected chi connectivity index (χ0v) is 20.7. The molecule has 0 unspecified atom stereocenters. The van der Waals surface area contributed by atoms with E-state index in [0.717, 1.165) is 35.8 Å². The Labute approximate surface area is 195 Å². The van der Waals surface area contributed by atoms with Gasteiger partial charge in [-0.2, -0.15) is 0 Å². The molecule has 0 saturated carbocycles. The molecule has 8 nitrogen and oxygen atoms in total. The van der Waals surface area contributed by atoms with Crippen LogP contribution in [0.1, 0.15) is 25.3 Å². The number of benzene rings is 2. The first kappa shape index (κ1) is 23.9. The largest absolute Gasteiger partial charge is 0.299 e. The Bertz CT molecular complexity index is 1260. The molecule has 178 valence electrons. The Hall–Kier alpha value is -2.27. The van der Waals surface area contributed by atoms with E-state index in [4.69, 9.17) is 0 Å². The number of nitrogens with zero attached hydrogens (tertiary/aromatic N) is 3. The highest BCUT2D eigenvalue weighted by molar-refractivity contribution is 7.93. The SMILES string of the molecule is CC(=O)CN1CCC2(CC1)CN(S(=O)(=O)c1ccc(S(=O)(=O)N(C)C)cc1)c1ccccc12. The molecule has 10 heteroatoms. The van der Waals surface area contributed by atoms with Crippen LogP contribution in [0.25, 0.3) is 0 Å². The van der Waals surface area contributed by atoms with Gasteiger partial charge in [-0.25, -0.2) is 21.1 Å². The fourth-order valence-corrected chi connectivity index (χ4v) is 7.27. The van der Waals surface area contributed by atoms with E-state index in [-0.39, 0.29) is 21.0 Å². The lowest BCUT2D eigenvalue weighted by atomic mass is 9.74. The molecule has 0 radical (unpaired) electrons. The Morgan fingerprint density at radius 2 is 1.52 bits per heavy atom. The van der Waals surface area contributed by atoms with Gasteiger partial charge in [0.15, 0.2) is 0 Å². The van der Waals surface area contributed by atoms with Crippen molar-refractivity contribution in [3.8, 4) is 0 Å². The van der Waals surface area contributed by atoms with Gasteiger partial charge >= 0.3 is 0 Å². The highest BCUT2D eigenvalue weighted by Gasteiger charge is 2.48. The molecule has 1 saturated heterocycles. The van der Waals surface area contributed by atoms with Crippen LogP contribution in [0.4, 0.5) is 5.69 Å². The zero-order valence-electron chi connectivity index (χ0n) is 19.1. The Morgan fingerprint density at radius 3 is 2.09 bits per heavy atom. The van der Waals surface area contributed by atoms with Crippen molar-refractivity contribution >= 4 is 31.5 Å². The van der Waals surface area contributed by atoms with Gasteiger partial charge in [0.1, 0.15) is 5.78 Å². The van der Waals surface area contributed by atoms with Crippen LogP contribution in [0.5, 0.6) is 0 Å². The quantitative estimate of drug-likeness (QED) is 0.614. The predicted octanol–water partition coefficient (Wildman–Crippen LogP) is 2.07. The summed E-state index contributed by atoms with van der Waals surface area (Å²) >= 11 is 0. The van der Waals surface area contributed by atoms with Gasteiger partial charge in [0, 0.05) is 26.1 Å². The molecule has 2 heterocycles. The maximum atomic E-state index is 13.6. The number of likely N-dealkylation sites (tertiary alicyclic amines) is 1. The Balaban J connectivity index is 1.65. The zero-order chi connectivity index (χ0) is 24.0. The van der Waals surface area contributed by atoms with E-state index >= 15 is 0 Å². The molecule has 2 aromatic carbocycles. The highest BCUT2D eigenvalue weighted by Crippen LogP contribution is 2.48. The van der Waals surface area contributed by atoms with E-state index < -0.39 is 20.0 Å². The molecular formula is C23H29N3O5S2. The van der Waals surface area contributed by atoms with Crippen LogP contribution in [0, 0.1) is 0 Å². The molecular weight excluding hydrogens is 462 g/mol. The van der Waals surface area contributed by atoms with Crippen LogP contribution < -0.4 is 4.31 Å². The molecule has 0 N–H and O–H groups in total. The third-order valence-corrected chi connectivity index (χ3v) is 10.2. The number of hydrogen-bond acceptors (Lipinski definition) is 6. The molecule has 0 bridgehead atoms. The number of Topliss-reactive ketones (excluding diaryl/α,β-unsaturated/α-hetero) is 1. The van der Waals surface area contributed by atoms with Gasteiger partial charge in [-0.1, -0.05) is 18.2 Å². The van der Waals surface area contributed by atoms with Gasteiger partial charge in [-0.05, 0) is 68.8 Å². The molecule has 0 atom stereocenters. The summed E-state index contributed by atoms with van der Waals surface area (Å²) in [5.74, 6) is 0.127. The molecule has 4 rings (SSSR count). The molecule has 2 aromatic rings. The number of para-hydroxylation sites is 1. The Morgan fingerprint density at radius 1 is 0.939 bits per heavy atom. The van der Waals surface area contributed by atoms with E-state index in [9.17, 15) is 21.6 Å². The van der Waals surface area contributed by atoms with Crippen molar-refractivity contribution in [3.05, 3.63) is 54.1 Å². The normalized spacial score (nSPS) is 18.6. The average molecular weight is 492 g/mol. The van der Waals surface area contributed by atoms with Gasteiger partial charge in [0.2, 0.25) is 10.0 Å². The fraction of sp³-hybridized carbons (Fsp3) is 0.435. The topological polar surface area (TPSA) is 95.1 Å². The first-order chi connectivity index (χ1) is 15.5. The third kappa shape index (κ3) is 4.21. The van der Waals surface area contributed by atoms with E-state index in [0.29, 0.717) is 18.8 Å². The minimum atomic E-state index is -3.89. The van der Waals surface area contributed by atoms with Crippen LogP contribution >= 0.6 is 0 Å². The summed E-state index contributed by atoms with van der Waals surface area (Å²) in [6.45, 7) is 3.80. The van der Waals surface area contributed by atoms with Crippen LogP contribution in [-0.2, 0) is 30.3 Å². The molecule has 0 aliphatic carbocycles. The molecule has 2 aliphatic heterocycles. The maximum Gasteiger partial charge on any atom is 0.264 e. The summed E-state index contributed by atoms with van der Waals surface area (Å²) < 4.78 is 54.5. The standard InChI is InChI=1S/C23H29N3O5S2/c1-18(27)16-25-14-12-23(13-15-25)17-26(22-7-5-4-6-21(22)23)33(30,31)20-10-8-19(9-11-20)32(28,29)24(2)3/h4-11H,12-17H2,1-3H3. The number of anilines is 1. The summed E-state index contributed by atoms with van der Waals surface area (Å²) in [5, 5.41) is 0. The summed E-state index contributed by atoms with van der Waals surface area (Å²) in [6.07, 6.45) is 1.53. The minimum Gasteiger partial charge on any atom is -0.299 e. The lowest BCUT2D eigenvalue weighted by Crippen LogP contribution is -2.47. The molecule has 0 aromatic heterocycles. The number of fused-ring (bicyclic) bond motifs is 2. The van der Waals surface area contributed by atoms with E-state index in [2.05, 4.69) is 4.90 Å². The monoisotopic (exact) mass is 491 g/mol. The predicted molar refractivity (Wildman–Crippen MR) is 126 cm³/mol.